The zero-order chi connectivity index (χ0) is 18.0. The number of nitrogens with zero attached hydrogens (tertiary/aromatic N) is 1. The summed E-state index contributed by atoms with van der Waals surface area (Å²) >= 11 is 7.29. The van der Waals surface area contributed by atoms with Crippen molar-refractivity contribution in [1.29, 1.82) is 0 Å². The number of benzene rings is 2. The van der Waals surface area contributed by atoms with Crippen LogP contribution in [0, 0.1) is 6.92 Å². The lowest BCUT2D eigenvalue weighted by Crippen LogP contribution is -2.21. The maximum absolute atomic E-state index is 12.1. The molecule has 0 saturated carbocycles. The van der Waals surface area contributed by atoms with E-state index >= 15 is 0 Å². The van der Waals surface area contributed by atoms with Crippen LogP contribution in [0.3, 0.4) is 0 Å². The Labute approximate surface area is 153 Å². The highest BCUT2D eigenvalue weighted by Gasteiger charge is 2.23. The number of nitrogens with one attached hydrogen (secondary N) is 1. The molecule has 0 aromatic heterocycles. The molecule has 7 heteroatoms. The van der Waals surface area contributed by atoms with Crippen LogP contribution in [0.15, 0.2) is 52.4 Å². The summed E-state index contributed by atoms with van der Waals surface area (Å²) in [5.74, 6) is -1.50. The van der Waals surface area contributed by atoms with Crippen molar-refractivity contribution in [1.82, 2.24) is 5.32 Å². The molecule has 1 N–H and O–H groups in total. The Morgan fingerprint density at radius 2 is 1.96 bits per heavy atom. The van der Waals surface area contributed by atoms with E-state index in [0.717, 1.165) is 5.56 Å². The third-order valence-electron chi connectivity index (χ3n) is 3.48. The van der Waals surface area contributed by atoms with Crippen molar-refractivity contribution < 1.29 is 14.7 Å². The number of carbonyl (C=O) groups excluding carboxylic acids is 2. The Kier molecular flexibility index (Phi) is 4.92. The molecule has 1 saturated heterocycles. The van der Waals surface area contributed by atoms with Gasteiger partial charge in [-0.2, -0.15) is 0 Å². The van der Waals surface area contributed by atoms with E-state index in [2.05, 4.69) is 10.3 Å². The van der Waals surface area contributed by atoms with Gasteiger partial charge >= 0.3 is 0 Å². The van der Waals surface area contributed by atoms with Crippen LogP contribution in [0.1, 0.15) is 21.5 Å². The van der Waals surface area contributed by atoms with Gasteiger partial charge in [0.2, 0.25) is 0 Å². The highest BCUT2D eigenvalue weighted by atomic mass is 35.5. The van der Waals surface area contributed by atoms with Crippen LogP contribution >= 0.6 is 23.4 Å². The van der Waals surface area contributed by atoms with Gasteiger partial charge in [0.15, 0.2) is 5.17 Å². The number of aromatic carboxylic acids is 1. The third-order valence-corrected chi connectivity index (χ3v) is 4.80. The summed E-state index contributed by atoms with van der Waals surface area (Å²) in [4.78, 5) is 27.7. The summed E-state index contributed by atoms with van der Waals surface area (Å²) < 4.78 is 0. The van der Waals surface area contributed by atoms with Crippen LogP contribution in [0.4, 0.5) is 5.69 Å². The van der Waals surface area contributed by atoms with Gasteiger partial charge in [-0.25, -0.2) is 4.99 Å². The average Bonchev–Trinajstić information content (AvgIpc) is 2.91. The van der Waals surface area contributed by atoms with Crippen molar-refractivity contribution in [2.24, 2.45) is 4.99 Å². The van der Waals surface area contributed by atoms with E-state index < -0.39 is 5.97 Å². The second kappa shape index (κ2) is 7.13. The summed E-state index contributed by atoms with van der Waals surface area (Å²) in [6.45, 7) is 1.90. The van der Waals surface area contributed by atoms with Gasteiger partial charge in [-0.15, -0.1) is 0 Å². The quantitative estimate of drug-likeness (QED) is 0.841. The van der Waals surface area contributed by atoms with E-state index in [0.29, 0.717) is 26.3 Å². The number of aryl methyl sites for hydroxylation is 1. The van der Waals surface area contributed by atoms with Gasteiger partial charge < -0.3 is 15.2 Å². The normalized spacial score (nSPS) is 17.1. The minimum absolute atomic E-state index is 0.0872. The number of halogens is 1. The zero-order valence-electron chi connectivity index (χ0n) is 13.1. The largest absolute Gasteiger partial charge is 0.545 e. The van der Waals surface area contributed by atoms with Crippen LogP contribution in [-0.4, -0.2) is 17.0 Å². The van der Waals surface area contributed by atoms with Gasteiger partial charge in [-0.3, -0.25) is 4.79 Å². The zero-order valence-corrected chi connectivity index (χ0v) is 14.6. The van der Waals surface area contributed by atoms with E-state index in [4.69, 9.17) is 11.6 Å². The molecule has 1 fully saturated rings. The van der Waals surface area contributed by atoms with Crippen LogP contribution in [0.2, 0.25) is 5.02 Å². The van der Waals surface area contributed by atoms with Gasteiger partial charge in [0.05, 0.1) is 16.6 Å². The van der Waals surface area contributed by atoms with E-state index in [1.54, 1.807) is 24.3 Å². The molecule has 0 bridgehead atoms. The molecule has 0 unspecified atom stereocenters. The number of thioether (sulfide) groups is 1. The van der Waals surface area contributed by atoms with Crippen LogP contribution in [0.25, 0.3) is 6.08 Å². The molecule has 25 heavy (non-hydrogen) atoms. The molecule has 126 valence electrons. The Hall–Kier alpha value is -2.57. The Balaban J connectivity index is 1.80. The lowest BCUT2D eigenvalue weighted by Gasteiger charge is -2.02. The van der Waals surface area contributed by atoms with Gasteiger partial charge in [-0.1, -0.05) is 41.9 Å². The monoisotopic (exact) mass is 371 g/mol. The highest BCUT2D eigenvalue weighted by molar-refractivity contribution is 8.18. The predicted molar refractivity (Wildman–Crippen MR) is 97.8 cm³/mol. The predicted octanol–water partition coefficient (Wildman–Crippen LogP) is 2.90. The van der Waals surface area contributed by atoms with E-state index in [1.807, 2.05) is 19.1 Å². The average molecular weight is 372 g/mol. The fourth-order valence-corrected chi connectivity index (χ4v) is 3.13. The fraction of sp³-hybridized carbons (Fsp3) is 0.0556. The number of carbonyl (C=O) groups is 2. The first-order valence-corrected chi connectivity index (χ1v) is 8.49. The standard InChI is InChI=1S/C18H13ClN2O3S/c1-10-2-7-13(9-14(10)19)20-18-21-16(22)15(25-18)8-11-3-5-12(6-4-11)17(23)24/h2-9H,1H3,(H,23,24)(H,20,21,22)/p-1/b15-8-. The van der Waals surface area contributed by atoms with Crippen molar-refractivity contribution in [2.45, 2.75) is 6.92 Å². The second-order valence-corrected chi connectivity index (χ2v) is 6.76. The summed E-state index contributed by atoms with van der Waals surface area (Å²) in [6.07, 6.45) is 1.67. The van der Waals surface area contributed by atoms with E-state index in [1.165, 1.54) is 23.9 Å². The molecule has 0 atom stereocenters. The number of amides is 1. The molecule has 0 radical (unpaired) electrons. The molecule has 1 amide bonds. The number of hydrogen-bond donors (Lipinski definition) is 1. The van der Waals surface area contributed by atoms with Gasteiger partial charge in [0, 0.05) is 5.02 Å². The molecule has 5 nitrogen and oxygen atoms in total. The van der Waals surface area contributed by atoms with Crippen molar-refractivity contribution in [2.75, 3.05) is 0 Å². The van der Waals surface area contributed by atoms with Crippen LogP contribution in [-0.2, 0) is 4.79 Å². The summed E-state index contributed by atoms with van der Waals surface area (Å²) in [5, 5.41) is 14.5. The van der Waals surface area contributed by atoms with Crippen molar-refractivity contribution in [3.63, 3.8) is 0 Å². The molecule has 0 aliphatic carbocycles. The molecular formula is C18H12ClN2O3S-. The second-order valence-electron chi connectivity index (χ2n) is 5.32. The minimum Gasteiger partial charge on any atom is -0.545 e. The molecule has 1 heterocycles. The molecular weight excluding hydrogens is 360 g/mol. The van der Waals surface area contributed by atoms with Crippen LogP contribution < -0.4 is 10.4 Å². The van der Waals surface area contributed by atoms with Crippen molar-refractivity contribution in [3.05, 3.63) is 69.1 Å². The van der Waals surface area contributed by atoms with Crippen molar-refractivity contribution >= 4 is 52.2 Å². The molecule has 2 aromatic rings. The summed E-state index contributed by atoms with van der Waals surface area (Å²) in [6, 6.07) is 11.5. The number of hydrogen-bond acceptors (Lipinski definition) is 5. The molecule has 2 aromatic carbocycles. The first-order valence-electron chi connectivity index (χ1n) is 7.29. The summed E-state index contributed by atoms with van der Waals surface area (Å²) in [7, 11) is 0. The summed E-state index contributed by atoms with van der Waals surface area (Å²) in [5.41, 5.74) is 2.40. The topological polar surface area (TPSA) is 81.6 Å². The van der Waals surface area contributed by atoms with Crippen LogP contribution in [0.5, 0.6) is 0 Å². The SMILES string of the molecule is Cc1ccc(N=C2NC(=O)/C(=C/c3ccc(C(=O)[O-])cc3)S2)cc1Cl. The number of amidine groups is 1. The smallest absolute Gasteiger partial charge is 0.264 e. The Morgan fingerprint density at radius 1 is 1.24 bits per heavy atom. The first kappa shape index (κ1) is 17.3. The van der Waals surface area contributed by atoms with E-state index in [-0.39, 0.29) is 11.5 Å². The Morgan fingerprint density at radius 3 is 2.60 bits per heavy atom. The minimum atomic E-state index is -1.24. The van der Waals surface area contributed by atoms with E-state index in [9.17, 15) is 14.7 Å². The lowest BCUT2D eigenvalue weighted by molar-refractivity contribution is -0.255. The van der Waals surface area contributed by atoms with Gasteiger partial charge in [0.25, 0.3) is 5.91 Å². The fourth-order valence-electron chi connectivity index (χ4n) is 2.12. The van der Waals surface area contributed by atoms with Gasteiger partial charge in [0.1, 0.15) is 0 Å². The molecule has 0 spiro atoms. The highest BCUT2D eigenvalue weighted by Crippen LogP contribution is 2.29. The Bertz CT molecular complexity index is 920. The first-order chi connectivity index (χ1) is 11.9. The molecule has 3 rings (SSSR count). The third kappa shape index (κ3) is 4.10. The number of carboxylic acid groups (broad SMARTS) is 1. The number of aliphatic imine (C=N–C) groups is 1. The van der Waals surface area contributed by atoms with Crippen molar-refractivity contribution in [3.8, 4) is 0 Å². The molecule has 1 aliphatic heterocycles. The maximum atomic E-state index is 12.1. The molecule has 1 aliphatic rings. The maximum Gasteiger partial charge on any atom is 0.264 e. The number of rotatable bonds is 3. The lowest BCUT2D eigenvalue weighted by atomic mass is 10.1. The number of carboxylic acids is 1. The van der Waals surface area contributed by atoms with Gasteiger partial charge in [-0.05, 0) is 53.6 Å².